The summed E-state index contributed by atoms with van der Waals surface area (Å²) in [6, 6.07) is 8.12. The summed E-state index contributed by atoms with van der Waals surface area (Å²) in [6.45, 7) is -2.97. The van der Waals surface area contributed by atoms with Gasteiger partial charge in [-0.1, -0.05) is 18.2 Å². The predicted octanol–water partition coefficient (Wildman–Crippen LogP) is 2.23. The molecule has 0 radical (unpaired) electrons. The molecule has 0 saturated carbocycles. The van der Waals surface area contributed by atoms with Crippen LogP contribution in [-0.4, -0.2) is 48.9 Å². The fourth-order valence-corrected chi connectivity index (χ4v) is 5.70. The van der Waals surface area contributed by atoms with E-state index in [4.69, 9.17) is 5.73 Å². The Morgan fingerprint density at radius 3 is 2.75 bits per heavy atom. The lowest BCUT2D eigenvalue weighted by Gasteiger charge is -2.40. The number of nitrogens with two attached hydrogens (primary N) is 1. The van der Waals surface area contributed by atoms with Crippen molar-refractivity contribution >= 4 is 21.8 Å². The van der Waals surface area contributed by atoms with E-state index in [1.165, 1.54) is 19.2 Å². The zero-order chi connectivity index (χ0) is 23.1. The molecule has 1 aromatic heterocycles. The van der Waals surface area contributed by atoms with E-state index in [1.54, 1.807) is 0 Å². The maximum Gasteiger partial charge on any atom is 0.387 e. The van der Waals surface area contributed by atoms with Gasteiger partial charge in [0.15, 0.2) is 5.78 Å². The molecule has 0 unspecified atom stereocenters. The van der Waals surface area contributed by atoms with Crippen molar-refractivity contribution in [1.82, 2.24) is 9.29 Å². The number of aryl methyl sites for hydroxylation is 1. The maximum atomic E-state index is 12.7. The Balaban J connectivity index is 1.62. The first kappa shape index (κ1) is 22.1. The highest BCUT2D eigenvalue weighted by Gasteiger charge is 2.45. The summed E-state index contributed by atoms with van der Waals surface area (Å²) in [4.78, 5) is 21.2. The minimum atomic E-state index is -3.62. The van der Waals surface area contributed by atoms with Crippen LogP contribution in [0.15, 0.2) is 41.5 Å². The molecule has 1 spiro atoms. The molecule has 4 rings (SSSR count). The van der Waals surface area contributed by atoms with Crippen LogP contribution < -0.4 is 10.5 Å². The van der Waals surface area contributed by atoms with Crippen LogP contribution in [0.1, 0.15) is 40.0 Å². The molecule has 8 nitrogen and oxygen atoms in total. The van der Waals surface area contributed by atoms with E-state index in [-0.39, 0.29) is 35.4 Å². The summed E-state index contributed by atoms with van der Waals surface area (Å²) < 4.78 is 55.1. The molecule has 0 saturated heterocycles. The SMILES string of the molecule is CN1C(N)=N[C@@]2(CCCc3ccc(CC(=O)c4ccc(OC(F)F)cn4)cc32)CS1(=O)=O. The third kappa shape index (κ3) is 4.16. The highest BCUT2D eigenvalue weighted by atomic mass is 32.2. The fraction of sp³-hybridized carbons (Fsp3) is 0.381. The molecule has 32 heavy (non-hydrogen) atoms. The number of ketones is 1. The van der Waals surface area contributed by atoms with Crippen LogP contribution in [0.5, 0.6) is 5.75 Å². The molecule has 2 aliphatic rings. The van der Waals surface area contributed by atoms with Crippen LogP contribution in [0, 0.1) is 0 Å². The molecule has 170 valence electrons. The number of hydrogen-bond donors (Lipinski definition) is 1. The van der Waals surface area contributed by atoms with Gasteiger partial charge in [0.25, 0.3) is 0 Å². The van der Waals surface area contributed by atoms with E-state index < -0.39 is 22.2 Å². The number of hydrogen-bond acceptors (Lipinski definition) is 7. The van der Waals surface area contributed by atoms with Crippen LogP contribution in [0.25, 0.3) is 0 Å². The molecule has 2 heterocycles. The lowest BCUT2D eigenvalue weighted by Crippen LogP contribution is -2.52. The van der Waals surface area contributed by atoms with Crippen molar-refractivity contribution in [2.45, 2.75) is 37.8 Å². The van der Waals surface area contributed by atoms with E-state index in [0.717, 1.165) is 34.5 Å². The van der Waals surface area contributed by atoms with E-state index >= 15 is 0 Å². The van der Waals surface area contributed by atoms with Crippen LogP contribution in [0.3, 0.4) is 0 Å². The number of fused-ring (bicyclic) bond motifs is 2. The zero-order valence-corrected chi connectivity index (χ0v) is 18.1. The summed E-state index contributed by atoms with van der Waals surface area (Å²) in [7, 11) is -2.24. The zero-order valence-electron chi connectivity index (χ0n) is 17.3. The summed E-state index contributed by atoms with van der Waals surface area (Å²) in [5.74, 6) is -0.682. The Kier molecular flexibility index (Phi) is 5.61. The van der Waals surface area contributed by atoms with Crippen molar-refractivity contribution in [1.29, 1.82) is 0 Å². The molecule has 1 aliphatic carbocycles. The largest absolute Gasteiger partial charge is 0.433 e. The molecule has 11 heteroatoms. The first-order valence-corrected chi connectivity index (χ1v) is 11.6. The average molecular weight is 464 g/mol. The number of carbonyl (C=O) groups is 1. The van der Waals surface area contributed by atoms with Crippen molar-refractivity contribution in [3.63, 3.8) is 0 Å². The van der Waals surface area contributed by atoms with Crippen molar-refractivity contribution in [3.05, 3.63) is 58.9 Å². The standard InChI is InChI=1S/C21H22F2N4O4S/c1-27-20(24)26-21(12-32(27,29)30)8-2-3-14-5-4-13(9-16(14)21)10-18(28)17-7-6-15(11-25-17)31-19(22)23/h4-7,9,11,19H,2-3,8,10,12H2,1H3,(H2,24,26)/t21-/m0/s1. The van der Waals surface area contributed by atoms with Gasteiger partial charge >= 0.3 is 6.61 Å². The molecular formula is C21H22F2N4O4S. The minimum absolute atomic E-state index is 0.0112. The van der Waals surface area contributed by atoms with Gasteiger partial charge in [0.05, 0.1) is 11.9 Å². The number of rotatable bonds is 5. The number of pyridine rings is 1. The van der Waals surface area contributed by atoms with Gasteiger partial charge in [-0.25, -0.2) is 22.7 Å². The first-order chi connectivity index (χ1) is 15.1. The Morgan fingerprint density at radius 1 is 1.31 bits per heavy atom. The summed E-state index contributed by atoms with van der Waals surface area (Å²) >= 11 is 0. The van der Waals surface area contributed by atoms with Crippen LogP contribution in [0.4, 0.5) is 8.78 Å². The van der Waals surface area contributed by atoms with E-state index in [0.29, 0.717) is 12.0 Å². The molecule has 1 aliphatic heterocycles. The van der Waals surface area contributed by atoms with E-state index in [9.17, 15) is 22.0 Å². The summed E-state index contributed by atoms with van der Waals surface area (Å²) in [5, 5.41) is 0. The smallest absolute Gasteiger partial charge is 0.387 e. The predicted molar refractivity (Wildman–Crippen MR) is 113 cm³/mol. The number of benzene rings is 1. The monoisotopic (exact) mass is 464 g/mol. The molecule has 2 N–H and O–H groups in total. The molecular weight excluding hydrogens is 442 g/mol. The molecule has 0 bridgehead atoms. The van der Waals surface area contributed by atoms with Gasteiger partial charge in [-0.3, -0.25) is 4.79 Å². The topological polar surface area (TPSA) is 115 Å². The number of carbonyl (C=O) groups excluding carboxylic acids is 1. The molecule has 2 aromatic rings. The maximum absolute atomic E-state index is 12.7. The van der Waals surface area contributed by atoms with Crippen molar-refractivity contribution in [2.75, 3.05) is 12.8 Å². The van der Waals surface area contributed by atoms with E-state index in [1.807, 2.05) is 18.2 Å². The van der Waals surface area contributed by atoms with Crippen LogP contribution in [0.2, 0.25) is 0 Å². The Morgan fingerprint density at radius 2 is 2.09 bits per heavy atom. The lowest BCUT2D eigenvalue weighted by molar-refractivity contribution is -0.0500. The number of alkyl halides is 2. The fourth-order valence-electron chi connectivity index (χ4n) is 4.21. The number of ether oxygens (including phenoxy) is 1. The first-order valence-electron chi connectivity index (χ1n) is 9.98. The number of aliphatic imine (C=N–C) groups is 1. The van der Waals surface area contributed by atoms with Crippen molar-refractivity contribution < 1.29 is 26.7 Å². The van der Waals surface area contributed by atoms with Gasteiger partial charge in [-0.2, -0.15) is 8.78 Å². The molecule has 0 amide bonds. The third-order valence-electron chi connectivity index (χ3n) is 5.81. The van der Waals surface area contributed by atoms with Gasteiger partial charge in [0, 0.05) is 13.5 Å². The van der Waals surface area contributed by atoms with Gasteiger partial charge in [-0.05, 0) is 48.1 Å². The van der Waals surface area contributed by atoms with Crippen LogP contribution in [-0.2, 0) is 28.4 Å². The molecule has 0 fully saturated rings. The minimum Gasteiger partial charge on any atom is -0.433 e. The normalized spacial score (nSPS) is 21.9. The number of sulfonamides is 1. The summed E-state index contributed by atoms with van der Waals surface area (Å²) in [5.41, 5.74) is 7.49. The highest BCUT2D eigenvalue weighted by Crippen LogP contribution is 2.42. The van der Waals surface area contributed by atoms with Gasteiger partial charge < -0.3 is 10.5 Å². The summed E-state index contributed by atoms with van der Waals surface area (Å²) in [6.07, 6.45) is 3.18. The van der Waals surface area contributed by atoms with Gasteiger partial charge in [0.2, 0.25) is 16.0 Å². The van der Waals surface area contributed by atoms with Gasteiger partial charge in [-0.15, -0.1) is 0 Å². The molecule has 1 atom stereocenters. The Labute approximate surface area is 184 Å². The number of aromatic nitrogens is 1. The van der Waals surface area contributed by atoms with Gasteiger partial charge in [0.1, 0.15) is 17.0 Å². The van der Waals surface area contributed by atoms with Crippen molar-refractivity contribution in [3.8, 4) is 5.75 Å². The Hall–Kier alpha value is -3.08. The third-order valence-corrected chi connectivity index (χ3v) is 7.68. The van der Waals surface area contributed by atoms with Crippen molar-refractivity contribution in [2.24, 2.45) is 10.7 Å². The molecule has 1 aromatic carbocycles. The number of guanidine groups is 1. The number of halogens is 2. The quantitative estimate of drug-likeness (QED) is 0.679. The van der Waals surface area contributed by atoms with Crippen LogP contribution >= 0.6 is 0 Å². The Bertz CT molecular complexity index is 1180. The lowest BCUT2D eigenvalue weighted by atomic mass is 9.77. The second kappa shape index (κ2) is 8.12. The number of nitrogens with zero attached hydrogens (tertiary/aromatic N) is 3. The number of Topliss-reactive ketones (excluding diaryl/α,β-unsaturated/α-hetero) is 1. The highest BCUT2D eigenvalue weighted by molar-refractivity contribution is 7.89. The second-order valence-corrected chi connectivity index (χ2v) is 9.93. The van der Waals surface area contributed by atoms with E-state index in [2.05, 4.69) is 14.7 Å². The average Bonchev–Trinajstić information content (AvgIpc) is 2.72. The second-order valence-electron chi connectivity index (χ2n) is 7.93.